The van der Waals surface area contributed by atoms with Crippen molar-refractivity contribution in [2.75, 3.05) is 7.11 Å². The van der Waals surface area contributed by atoms with Crippen LogP contribution in [0.2, 0.25) is 0 Å². The van der Waals surface area contributed by atoms with Gasteiger partial charge in [-0.25, -0.2) is 9.97 Å². The molecule has 0 fully saturated rings. The molecule has 0 aliphatic rings. The maximum absolute atomic E-state index is 5.31. The number of hydrogen-bond acceptors (Lipinski definition) is 3. The van der Waals surface area contributed by atoms with E-state index in [4.69, 9.17) is 9.72 Å². The van der Waals surface area contributed by atoms with E-state index >= 15 is 0 Å². The van der Waals surface area contributed by atoms with Gasteiger partial charge in [0.2, 0.25) is 0 Å². The Kier molecular flexibility index (Phi) is 4.09. The zero-order valence-electron chi connectivity index (χ0n) is 13.3. The number of methoxy groups -OCH3 is 1. The molecule has 0 atom stereocenters. The number of fused-ring (bicyclic) bond motifs is 1. The molecule has 22 heavy (non-hydrogen) atoms. The molecular formula is C18H21N3O. The standard InChI is InChI=1S/C18H21N3O/c1-13(2)12-21-17(20-16-8-5-9-19-18(16)21)11-14-6-4-7-15(10-14)22-3/h4-10,13H,11-12H2,1-3H3. The molecule has 4 heteroatoms. The first-order chi connectivity index (χ1) is 10.7. The van der Waals surface area contributed by atoms with Gasteiger partial charge < -0.3 is 9.30 Å². The number of hydrogen-bond donors (Lipinski definition) is 0. The van der Waals surface area contributed by atoms with E-state index in [1.807, 2.05) is 30.5 Å². The molecule has 1 aromatic carbocycles. The molecule has 0 spiro atoms. The fraction of sp³-hybridized carbons (Fsp3) is 0.333. The van der Waals surface area contributed by atoms with Crippen LogP contribution in [0.4, 0.5) is 0 Å². The molecule has 114 valence electrons. The average Bonchev–Trinajstić information content (AvgIpc) is 2.85. The quantitative estimate of drug-likeness (QED) is 0.720. The summed E-state index contributed by atoms with van der Waals surface area (Å²) in [5.74, 6) is 2.47. The lowest BCUT2D eigenvalue weighted by Crippen LogP contribution is -2.09. The van der Waals surface area contributed by atoms with Gasteiger partial charge in [-0.1, -0.05) is 26.0 Å². The van der Waals surface area contributed by atoms with Gasteiger partial charge in [0, 0.05) is 19.2 Å². The smallest absolute Gasteiger partial charge is 0.160 e. The summed E-state index contributed by atoms with van der Waals surface area (Å²) >= 11 is 0. The van der Waals surface area contributed by atoms with Crippen LogP contribution in [0.25, 0.3) is 11.2 Å². The van der Waals surface area contributed by atoms with Crippen molar-refractivity contribution in [3.8, 4) is 5.75 Å². The highest BCUT2D eigenvalue weighted by Crippen LogP contribution is 2.20. The first kappa shape index (κ1) is 14.6. The van der Waals surface area contributed by atoms with Crippen molar-refractivity contribution in [3.05, 3.63) is 54.0 Å². The molecule has 0 aliphatic carbocycles. The molecule has 3 aromatic rings. The SMILES string of the molecule is COc1cccc(Cc2nc3cccnc3n2CC(C)C)c1. The number of benzene rings is 1. The van der Waals surface area contributed by atoms with Crippen LogP contribution in [0, 0.1) is 5.92 Å². The van der Waals surface area contributed by atoms with Crippen molar-refractivity contribution in [2.24, 2.45) is 5.92 Å². The molecule has 2 heterocycles. The van der Waals surface area contributed by atoms with Crippen molar-refractivity contribution < 1.29 is 4.74 Å². The molecule has 0 saturated carbocycles. The van der Waals surface area contributed by atoms with Crippen molar-refractivity contribution in [1.29, 1.82) is 0 Å². The molecule has 0 aliphatic heterocycles. The van der Waals surface area contributed by atoms with Crippen LogP contribution in [0.1, 0.15) is 25.2 Å². The van der Waals surface area contributed by atoms with E-state index in [9.17, 15) is 0 Å². The van der Waals surface area contributed by atoms with Gasteiger partial charge in [0.25, 0.3) is 0 Å². The summed E-state index contributed by atoms with van der Waals surface area (Å²) in [4.78, 5) is 9.28. The van der Waals surface area contributed by atoms with Gasteiger partial charge in [-0.05, 0) is 35.7 Å². The number of imidazole rings is 1. The molecule has 0 saturated heterocycles. The Balaban J connectivity index is 2.01. The maximum Gasteiger partial charge on any atom is 0.160 e. The number of ether oxygens (including phenoxy) is 1. The second kappa shape index (κ2) is 6.18. The Morgan fingerprint density at radius 1 is 1.18 bits per heavy atom. The van der Waals surface area contributed by atoms with Crippen LogP contribution in [0.5, 0.6) is 5.75 Å². The van der Waals surface area contributed by atoms with Crippen molar-refractivity contribution in [1.82, 2.24) is 14.5 Å². The highest BCUT2D eigenvalue weighted by atomic mass is 16.5. The zero-order chi connectivity index (χ0) is 15.5. The van der Waals surface area contributed by atoms with Gasteiger partial charge in [0.05, 0.1) is 7.11 Å². The molecule has 0 N–H and O–H groups in total. The van der Waals surface area contributed by atoms with E-state index in [0.29, 0.717) is 5.92 Å². The minimum atomic E-state index is 0.545. The van der Waals surface area contributed by atoms with Crippen LogP contribution in [-0.4, -0.2) is 21.6 Å². The second-order valence-corrected chi connectivity index (χ2v) is 5.91. The molecule has 4 nitrogen and oxygen atoms in total. The van der Waals surface area contributed by atoms with Gasteiger partial charge in [-0.3, -0.25) is 0 Å². The Morgan fingerprint density at radius 3 is 2.82 bits per heavy atom. The maximum atomic E-state index is 5.31. The van der Waals surface area contributed by atoms with E-state index in [-0.39, 0.29) is 0 Å². The van der Waals surface area contributed by atoms with Crippen LogP contribution >= 0.6 is 0 Å². The largest absolute Gasteiger partial charge is 0.497 e. The minimum Gasteiger partial charge on any atom is -0.497 e. The molecule has 0 radical (unpaired) electrons. The zero-order valence-corrected chi connectivity index (χ0v) is 13.3. The lowest BCUT2D eigenvalue weighted by molar-refractivity contribution is 0.414. The van der Waals surface area contributed by atoms with E-state index in [1.54, 1.807) is 7.11 Å². The van der Waals surface area contributed by atoms with Gasteiger partial charge >= 0.3 is 0 Å². The summed E-state index contributed by atoms with van der Waals surface area (Å²) < 4.78 is 7.54. The van der Waals surface area contributed by atoms with Crippen molar-refractivity contribution in [2.45, 2.75) is 26.8 Å². The predicted octanol–water partition coefficient (Wildman–Crippen LogP) is 3.69. The fourth-order valence-corrected chi connectivity index (χ4v) is 2.66. The lowest BCUT2D eigenvalue weighted by atomic mass is 10.1. The average molecular weight is 295 g/mol. The predicted molar refractivity (Wildman–Crippen MR) is 88.2 cm³/mol. The Morgan fingerprint density at radius 2 is 2.05 bits per heavy atom. The first-order valence-corrected chi connectivity index (χ1v) is 7.60. The third-order valence-electron chi connectivity index (χ3n) is 3.63. The number of aromatic nitrogens is 3. The van der Waals surface area contributed by atoms with Gasteiger partial charge in [0.1, 0.15) is 17.1 Å². The third-order valence-corrected chi connectivity index (χ3v) is 3.63. The van der Waals surface area contributed by atoms with Gasteiger partial charge in [-0.2, -0.15) is 0 Å². The fourth-order valence-electron chi connectivity index (χ4n) is 2.66. The molecule has 0 unspecified atom stereocenters. The molecule has 0 bridgehead atoms. The van der Waals surface area contributed by atoms with E-state index in [2.05, 4.69) is 35.5 Å². The monoisotopic (exact) mass is 295 g/mol. The van der Waals surface area contributed by atoms with Gasteiger partial charge in [-0.15, -0.1) is 0 Å². The van der Waals surface area contributed by atoms with Crippen LogP contribution in [0.15, 0.2) is 42.6 Å². The molecule has 0 amide bonds. The number of pyridine rings is 1. The van der Waals surface area contributed by atoms with Crippen LogP contribution < -0.4 is 4.74 Å². The summed E-state index contributed by atoms with van der Waals surface area (Å²) in [6.45, 7) is 5.35. The number of rotatable bonds is 5. The van der Waals surface area contributed by atoms with E-state index in [1.165, 1.54) is 5.56 Å². The summed E-state index contributed by atoms with van der Waals surface area (Å²) in [7, 11) is 1.69. The molecule has 2 aromatic heterocycles. The molecular weight excluding hydrogens is 274 g/mol. The van der Waals surface area contributed by atoms with E-state index in [0.717, 1.165) is 35.7 Å². The summed E-state index contributed by atoms with van der Waals surface area (Å²) in [6.07, 6.45) is 2.61. The minimum absolute atomic E-state index is 0.545. The van der Waals surface area contributed by atoms with Crippen LogP contribution in [-0.2, 0) is 13.0 Å². The second-order valence-electron chi connectivity index (χ2n) is 5.91. The summed E-state index contributed by atoms with van der Waals surface area (Å²) in [5.41, 5.74) is 3.12. The van der Waals surface area contributed by atoms with Crippen molar-refractivity contribution >= 4 is 11.2 Å². The van der Waals surface area contributed by atoms with Gasteiger partial charge in [0.15, 0.2) is 5.65 Å². The Labute approximate surface area is 130 Å². The lowest BCUT2D eigenvalue weighted by Gasteiger charge is -2.11. The highest BCUT2D eigenvalue weighted by Gasteiger charge is 2.13. The van der Waals surface area contributed by atoms with Crippen molar-refractivity contribution in [3.63, 3.8) is 0 Å². The molecule has 3 rings (SSSR count). The van der Waals surface area contributed by atoms with E-state index < -0.39 is 0 Å². The Bertz CT molecular complexity index is 777. The third kappa shape index (κ3) is 2.96. The van der Waals surface area contributed by atoms with Crippen LogP contribution in [0.3, 0.4) is 0 Å². The highest BCUT2D eigenvalue weighted by molar-refractivity contribution is 5.71. The topological polar surface area (TPSA) is 39.9 Å². The first-order valence-electron chi connectivity index (χ1n) is 7.60. The summed E-state index contributed by atoms with van der Waals surface area (Å²) in [5, 5.41) is 0. The number of nitrogens with zero attached hydrogens (tertiary/aromatic N) is 3. The Hall–Kier alpha value is -2.36. The summed E-state index contributed by atoms with van der Waals surface area (Å²) in [6, 6.07) is 12.1. The normalized spacial score (nSPS) is 11.3.